The number of aliphatic carboxylic acids is 4. The average Bonchev–Trinajstić information content (AvgIpc) is 2.69. The number of carbonyl (C=O) groups is 7. The summed E-state index contributed by atoms with van der Waals surface area (Å²) in [6, 6.07) is 20.2. The molecule has 2 amide bonds. The lowest BCUT2D eigenvalue weighted by molar-refractivity contribution is -0.139. The Morgan fingerprint density at radius 2 is 0.945 bits per heavy atom. The third kappa shape index (κ3) is 33.2. The van der Waals surface area contributed by atoms with Gasteiger partial charge in [-0.05, 0) is 233 Å². The molecule has 0 saturated heterocycles. The highest BCUT2D eigenvalue weighted by Crippen LogP contribution is 2.30. The molecule has 0 heterocycles. The highest BCUT2D eigenvalue weighted by molar-refractivity contribution is 7.80. The Bertz CT molecular complexity index is 3370. The van der Waals surface area contributed by atoms with Crippen LogP contribution < -0.4 is 29.6 Å². The van der Waals surface area contributed by atoms with E-state index in [4.69, 9.17) is 44.5 Å². The number of amides is 2. The standard InChI is InChI=1S/2C14H19NO6S.C12H16O5S.C10H12O5S.C8H8O4S/c1-9-6-11(7-10(2)14(9)22(19)20)21-8-12(16)15-5-3-4-13(17)18;16-13(15-9-3-1-2-4-14(17)18)10-21-11-5-7-12(8-6-11)22(19)20;1-7(2)10-5-9(17-6-11(13)14)4-8(3)12(10)18(15)16;1-15-9-4-3-8(16(13)14)6-7(9)2-5-10(11)12;1-5-4-6(8(9)10)2-3-7(5)13(11)12/h6-7H,3-5,8H2,1-2H3,(H,15,16)(H,17,18)(H,19,20);5-8H,1-4,9-10H2,(H,15,16)(H,17,18)(H,19,20);4-5,7H,6H2,1-3H3,(H,13,14)(H,15,16);3-4,6H,2,5H2,1H3,(H,11,12)(H,13,14);2-4H,1H3,(H,9,10)(H,11,12)/p-5. The number of rotatable bonds is 30. The lowest BCUT2D eigenvalue weighted by atomic mass is 10.0. The number of aromatic carboxylic acids is 1. The summed E-state index contributed by atoms with van der Waals surface area (Å²) >= 11 is -11.5. The van der Waals surface area contributed by atoms with Crippen molar-refractivity contribution in [2.75, 3.05) is 40.0 Å². The SMILES string of the molecule is COc1ccc(S(=O)[O-])cc1CCC(=O)O.Cc1cc(C(=O)O)ccc1S(=O)[O-].Cc1cc(OCC(=O)NCCCC(=O)O)cc(C)c1S(=O)[O-].Cc1cc(OCC(=O)O)cc(C(C)C)c1S(=O)[O-].O=C(O)CCCCCNC(=O)COc1ccc(S(=O)[O-])cc1. The second kappa shape index (κ2) is 43.0. The molecule has 5 unspecified atom stereocenters. The zero-order valence-electron chi connectivity index (χ0n) is 50.2. The van der Waals surface area contributed by atoms with E-state index in [9.17, 15) is 77.4 Å². The molecule has 33 heteroatoms. The molecule has 0 saturated carbocycles. The van der Waals surface area contributed by atoms with Gasteiger partial charge in [-0.2, -0.15) is 0 Å². The molecule has 0 spiro atoms. The number of carbonyl (C=O) groups excluding carboxylic acids is 2. The van der Waals surface area contributed by atoms with Crippen molar-refractivity contribution in [3.8, 4) is 23.0 Å². The largest absolute Gasteiger partial charge is 0.768 e. The third-order valence-electron chi connectivity index (χ3n) is 11.7. The van der Waals surface area contributed by atoms with Gasteiger partial charge in [0.05, 0.1) is 12.7 Å². The van der Waals surface area contributed by atoms with Crippen LogP contribution in [-0.4, -0.2) is 151 Å². The van der Waals surface area contributed by atoms with Crippen LogP contribution in [0.2, 0.25) is 0 Å². The molecule has 0 fully saturated rings. The van der Waals surface area contributed by atoms with Crippen molar-refractivity contribution in [2.45, 2.75) is 123 Å². The monoisotopic (exact) mass is 1370 g/mol. The first-order chi connectivity index (χ1) is 42.7. The summed E-state index contributed by atoms with van der Waals surface area (Å²) in [5.41, 5.74) is 3.38. The molecular weight excluding hydrogens is 1300 g/mol. The number of methoxy groups -OCH3 is 1. The van der Waals surface area contributed by atoms with Crippen LogP contribution in [0.25, 0.3) is 0 Å². The molecule has 0 aliphatic rings. The molecular formula is C58H69N2O26S5-5. The second-order valence-corrected chi connectivity index (χ2v) is 23.7. The fraction of sp³-hybridized carbons (Fsp3) is 0.362. The van der Waals surface area contributed by atoms with E-state index in [2.05, 4.69) is 10.6 Å². The zero-order valence-corrected chi connectivity index (χ0v) is 54.3. The van der Waals surface area contributed by atoms with Gasteiger partial charge in [0, 0.05) is 56.8 Å². The van der Waals surface area contributed by atoms with E-state index >= 15 is 0 Å². The van der Waals surface area contributed by atoms with Crippen molar-refractivity contribution in [1.82, 2.24) is 10.6 Å². The molecule has 0 aromatic heterocycles. The van der Waals surface area contributed by atoms with Crippen molar-refractivity contribution in [3.63, 3.8) is 0 Å². The normalized spacial score (nSPS) is 12.1. The number of ether oxygens (including phenoxy) is 4. The van der Waals surface area contributed by atoms with Gasteiger partial charge >= 0.3 is 29.8 Å². The molecule has 5 aromatic carbocycles. The molecule has 0 radical (unpaired) electrons. The second-order valence-electron chi connectivity index (χ2n) is 19.2. The van der Waals surface area contributed by atoms with Crippen LogP contribution in [0.5, 0.6) is 23.0 Å². The highest BCUT2D eigenvalue weighted by atomic mass is 32.2. The summed E-state index contributed by atoms with van der Waals surface area (Å²) in [5, 5.41) is 47.8. The predicted molar refractivity (Wildman–Crippen MR) is 324 cm³/mol. The fourth-order valence-electron chi connectivity index (χ4n) is 7.49. The van der Waals surface area contributed by atoms with Crippen LogP contribution in [0.1, 0.15) is 108 Å². The first kappa shape index (κ1) is 81.2. The Labute approximate surface area is 536 Å². The van der Waals surface area contributed by atoms with Gasteiger partial charge in [-0.25, -0.2) is 9.59 Å². The molecule has 5 atom stereocenters. The van der Waals surface area contributed by atoms with E-state index in [1.54, 1.807) is 45.9 Å². The maximum absolute atomic E-state index is 11.5. The zero-order chi connectivity index (χ0) is 69.1. The van der Waals surface area contributed by atoms with Crippen LogP contribution in [0.3, 0.4) is 0 Å². The van der Waals surface area contributed by atoms with Crippen LogP contribution in [-0.2, 0) is 90.6 Å². The topological polar surface area (TPSA) is 482 Å². The molecule has 7 N–H and O–H groups in total. The lowest BCUT2D eigenvalue weighted by Crippen LogP contribution is -2.30. The van der Waals surface area contributed by atoms with Crippen molar-refractivity contribution in [2.24, 2.45) is 0 Å². The maximum atomic E-state index is 11.5. The Morgan fingerprint density at radius 1 is 0.473 bits per heavy atom. The third-order valence-corrected chi connectivity index (χ3v) is 15.7. The molecule has 0 aliphatic heterocycles. The van der Waals surface area contributed by atoms with E-state index in [1.165, 1.54) is 73.8 Å². The minimum atomic E-state index is -2.32. The summed E-state index contributed by atoms with van der Waals surface area (Å²) in [4.78, 5) is 75.9. The van der Waals surface area contributed by atoms with Crippen molar-refractivity contribution >= 4 is 97.1 Å². The molecule has 28 nitrogen and oxygen atoms in total. The van der Waals surface area contributed by atoms with E-state index in [-0.39, 0.29) is 93.2 Å². The molecule has 0 bridgehead atoms. The number of aryl methyl sites for hydroxylation is 5. The van der Waals surface area contributed by atoms with Gasteiger partial charge in [0.2, 0.25) is 0 Å². The van der Waals surface area contributed by atoms with E-state index in [1.807, 2.05) is 13.8 Å². The summed E-state index contributed by atoms with van der Waals surface area (Å²) in [6.45, 7) is 10.2. The van der Waals surface area contributed by atoms with Crippen molar-refractivity contribution < 1.29 is 122 Å². The number of unbranched alkanes of at least 4 members (excludes halogenated alkanes) is 2. The number of carboxylic acid groups (broad SMARTS) is 5. The predicted octanol–water partition coefficient (Wildman–Crippen LogP) is 5.67. The van der Waals surface area contributed by atoms with Gasteiger partial charge in [-0.1, -0.05) is 20.3 Å². The van der Waals surface area contributed by atoms with Crippen LogP contribution in [0.4, 0.5) is 0 Å². The number of carboxylic acids is 5. The summed E-state index contributed by atoms with van der Waals surface area (Å²) in [6.07, 6.45) is 2.70. The van der Waals surface area contributed by atoms with E-state index in [0.29, 0.717) is 82.2 Å². The minimum absolute atomic E-state index is 0.00461. The average molecular weight is 1370 g/mol. The Kier molecular flexibility index (Phi) is 38.3. The minimum Gasteiger partial charge on any atom is -0.768 e. The quantitative estimate of drug-likeness (QED) is 0.0215. The molecule has 0 aliphatic carbocycles. The van der Waals surface area contributed by atoms with Crippen molar-refractivity contribution in [3.05, 3.63) is 124 Å². The highest BCUT2D eigenvalue weighted by Gasteiger charge is 2.15. The molecule has 91 heavy (non-hydrogen) atoms. The summed E-state index contributed by atoms with van der Waals surface area (Å²) < 4.78 is 129. The number of nitrogens with one attached hydrogen (secondary N) is 2. The Balaban J connectivity index is 0.000000575. The lowest BCUT2D eigenvalue weighted by Gasteiger charge is -2.19. The van der Waals surface area contributed by atoms with E-state index in [0.717, 1.165) is 6.42 Å². The van der Waals surface area contributed by atoms with Crippen LogP contribution >= 0.6 is 0 Å². The van der Waals surface area contributed by atoms with Gasteiger partial charge in [0.1, 0.15) is 23.0 Å². The van der Waals surface area contributed by atoms with Crippen LogP contribution in [0, 0.1) is 27.7 Å². The van der Waals surface area contributed by atoms with Gasteiger partial charge in [0.25, 0.3) is 11.8 Å². The summed E-state index contributed by atoms with van der Waals surface area (Å²) in [7, 11) is 1.45. The van der Waals surface area contributed by atoms with Gasteiger partial charge in [0.15, 0.2) is 19.8 Å². The first-order valence-electron chi connectivity index (χ1n) is 26.8. The maximum Gasteiger partial charge on any atom is 0.341 e. The molecule has 502 valence electrons. The summed E-state index contributed by atoms with van der Waals surface area (Å²) in [5.74, 6) is -3.76. The van der Waals surface area contributed by atoms with Crippen molar-refractivity contribution in [1.29, 1.82) is 0 Å². The Hall–Kier alpha value is -7.86. The molecule has 5 rings (SSSR count). The van der Waals surface area contributed by atoms with Crippen LogP contribution in [0.15, 0.2) is 109 Å². The Morgan fingerprint density at radius 3 is 1.40 bits per heavy atom. The van der Waals surface area contributed by atoms with Gasteiger partial charge in [-0.15, -0.1) is 0 Å². The fourth-order valence-corrected chi connectivity index (χ4v) is 10.2. The smallest absolute Gasteiger partial charge is 0.341 e. The molecule has 5 aromatic rings. The van der Waals surface area contributed by atoms with Gasteiger partial charge in [-0.3, -0.25) is 45.0 Å². The van der Waals surface area contributed by atoms with Gasteiger partial charge < -0.3 is 77.9 Å². The number of hydrogen-bond acceptors (Lipinski definition) is 21. The first-order valence-corrected chi connectivity index (χ1v) is 32.2. The number of hydrogen-bond donors (Lipinski definition) is 7. The van der Waals surface area contributed by atoms with E-state index < -0.39 is 91.9 Å². The number of benzene rings is 5.